The van der Waals surface area contributed by atoms with Crippen molar-refractivity contribution in [2.45, 2.75) is 12.8 Å². The fraction of sp³-hybridized carbons (Fsp3) is 0.150. The summed E-state index contributed by atoms with van der Waals surface area (Å²) in [5.74, 6) is 0.447. The molecule has 1 aromatic heterocycles. The zero-order chi connectivity index (χ0) is 18.0. The van der Waals surface area contributed by atoms with Crippen LogP contribution in [0.1, 0.15) is 12.0 Å². The molecule has 1 heterocycles. The van der Waals surface area contributed by atoms with Gasteiger partial charge in [-0.1, -0.05) is 42.5 Å². The van der Waals surface area contributed by atoms with E-state index >= 15 is 0 Å². The summed E-state index contributed by atoms with van der Waals surface area (Å²) in [5.41, 5.74) is 4.08. The van der Waals surface area contributed by atoms with Gasteiger partial charge in [0.15, 0.2) is 6.19 Å². The number of nitrogens with one attached hydrogen (secondary N) is 3. The molecule has 0 amide bonds. The van der Waals surface area contributed by atoms with Gasteiger partial charge in [-0.25, -0.2) is 4.98 Å². The summed E-state index contributed by atoms with van der Waals surface area (Å²) in [6.45, 7) is 0.631. The number of benzene rings is 2. The quantitative estimate of drug-likeness (QED) is 0.210. The number of hydrogen-bond acceptors (Lipinski definition) is 3. The van der Waals surface area contributed by atoms with Crippen molar-refractivity contribution < 1.29 is 0 Å². The number of aromatic amines is 1. The Kier molecular flexibility index (Phi) is 5.99. The minimum Gasteiger partial charge on any atom is -0.345 e. The Morgan fingerprint density at radius 2 is 2.04 bits per heavy atom. The van der Waals surface area contributed by atoms with Crippen LogP contribution in [0.4, 0.5) is 5.69 Å². The number of guanidine groups is 1. The van der Waals surface area contributed by atoms with Crippen LogP contribution in [0.3, 0.4) is 0 Å². The van der Waals surface area contributed by atoms with Gasteiger partial charge in [0.25, 0.3) is 0 Å². The van der Waals surface area contributed by atoms with Crippen molar-refractivity contribution in [3.63, 3.8) is 0 Å². The summed E-state index contributed by atoms with van der Waals surface area (Å²) in [4.78, 5) is 11.6. The van der Waals surface area contributed by atoms with E-state index in [1.807, 2.05) is 48.7 Å². The number of anilines is 1. The van der Waals surface area contributed by atoms with E-state index in [2.05, 4.69) is 37.7 Å². The third-order valence-corrected chi connectivity index (χ3v) is 3.85. The van der Waals surface area contributed by atoms with Crippen molar-refractivity contribution in [2.75, 3.05) is 11.9 Å². The lowest BCUT2D eigenvalue weighted by Crippen LogP contribution is -2.27. The molecule has 0 bridgehead atoms. The smallest absolute Gasteiger partial charge is 0.209 e. The molecule has 6 heteroatoms. The van der Waals surface area contributed by atoms with Gasteiger partial charge in [-0.2, -0.15) is 5.26 Å². The molecule has 0 radical (unpaired) electrons. The molecule has 3 N–H and O–H groups in total. The molecule has 3 rings (SSSR count). The molecule has 0 aliphatic heterocycles. The number of nitrogens with zero attached hydrogens (tertiary/aromatic N) is 3. The minimum atomic E-state index is 0.447. The highest BCUT2D eigenvalue weighted by Crippen LogP contribution is 2.20. The topological polar surface area (TPSA) is 88.9 Å². The molecule has 6 nitrogen and oxygen atoms in total. The Bertz CT molecular complexity index is 878. The maximum atomic E-state index is 8.96. The van der Waals surface area contributed by atoms with E-state index < -0.39 is 0 Å². The van der Waals surface area contributed by atoms with Crippen LogP contribution in [-0.2, 0) is 6.42 Å². The number of H-pyrrole nitrogens is 1. The van der Waals surface area contributed by atoms with Gasteiger partial charge >= 0.3 is 0 Å². The monoisotopic (exact) mass is 344 g/mol. The fourth-order valence-corrected chi connectivity index (χ4v) is 2.60. The highest BCUT2D eigenvalue weighted by atomic mass is 15.2. The fourth-order valence-electron chi connectivity index (χ4n) is 2.60. The van der Waals surface area contributed by atoms with Crippen LogP contribution < -0.4 is 10.6 Å². The summed E-state index contributed by atoms with van der Waals surface area (Å²) in [6, 6.07) is 18.1. The van der Waals surface area contributed by atoms with Gasteiger partial charge in [-0.15, -0.1) is 0 Å². The van der Waals surface area contributed by atoms with Gasteiger partial charge < -0.3 is 10.3 Å². The standard InChI is InChI=1S/C20H20N6/c21-14-24-20(23-11-5-8-16-6-2-1-3-7-16)26-18-10-4-9-17(12-18)19-13-22-15-25-19/h1-4,6-7,9-10,12-13,15H,5,8,11H2,(H,22,25)(H2,23,24,26). The van der Waals surface area contributed by atoms with Gasteiger partial charge in [0.05, 0.1) is 18.2 Å². The van der Waals surface area contributed by atoms with E-state index in [1.54, 1.807) is 12.5 Å². The first kappa shape index (κ1) is 17.2. The summed E-state index contributed by atoms with van der Waals surface area (Å²) >= 11 is 0. The maximum absolute atomic E-state index is 8.96. The predicted molar refractivity (Wildman–Crippen MR) is 103 cm³/mol. The first-order chi connectivity index (χ1) is 12.8. The van der Waals surface area contributed by atoms with Gasteiger partial charge in [-0.05, 0) is 30.5 Å². The van der Waals surface area contributed by atoms with Crippen LogP contribution in [0.2, 0.25) is 0 Å². The molecule has 0 saturated carbocycles. The number of hydrogen-bond donors (Lipinski definition) is 3. The van der Waals surface area contributed by atoms with Crippen LogP contribution in [-0.4, -0.2) is 22.5 Å². The van der Waals surface area contributed by atoms with Crippen LogP contribution in [0.5, 0.6) is 0 Å². The Morgan fingerprint density at radius 1 is 1.15 bits per heavy atom. The van der Waals surface area contributed by atoms with Crippen LogP contribution in [0.25, 0.3) is 11.3 Å². The van der Waals surface area contributed by atoms with Crippen molar-refractivity contribution >= 4 is 11.6 Å². The molecule has 0 fully saturated rings. The molecule has 0 unspecified atom stereocenters. The molecule has 0 atom stereocenters. The minimum absolute atomic E-state index is 0.447. The lowest BCUT2D eigenvalue weighted by molar-refractivity contribution is 0.830. The third kappa shape index (κ3) is 4.95. The number of nitriles is 1. The van der Waals surface area contributed by atoms with Crippen molar-refractivity contribution in [2.24, 2.45) is 4.99 Å². The molecule has 0 spiro atoms. The highest BCUT2D eigenvalue weighted by molar-refractivity contribution is 5.95. The van der Waals surface area contributed by atoms with Crippen LogP contribution in [0.15, 0.2) is 72.1 Å². The first-order valence-electron chi connectivity index (χ1n) is 8.44. The largest absolute Gasteiger partial charge is 0.345 e. The second-order valence-corrected chi connectivity index (χ2v) is 5.73. The maximum Gasteiger partial charge on any atom is 0.209 e. The highest BCUT2D eigenvalue weighted by Gasteiger charge is 2.03. The van der Waals surface area contributed by atoms with Crippen molar-refractivity contribution in [3.8, 4) is 17.5 Å². The second-order valence-electron chi connectivity index (χ2n) is 5.73. The van der Waals surface area contributed by atoms with Crippen molar-refractivity contribution in [1.29, 1.82) is 5.26 Å². The average molecular weight is 344 g/mol. The lowest BCUT2D eigenvalue weighted by Gasteiger charge is -2.09. The normalized spacial score (nSPS) is 11.0. The van der Waals surface area contributed by atoms with E-state index in [9.17, 15) is 0 Å². The predicted octanol–water partition coefficient (Wildman–Crippen LogP) is 3.55. The third-order valence-electron chi connectivity index (χ3n) is 3.85. The van der Waals surface area contributed by atoms with E-state index in [1.165, 1.54) is 5.56 Å². The van der Waals surface area contributed by atoms with Gasteiger partial charge in [-0.3, -0.25) is 10.3 Å². The number of aromatic nitrogens is 2. The summed E-state index contributed by atoms with van der Waals surface area (Å²) in [6.07, 6.45) is 7.21. The Hall–Kier alpha value is -3.59. The van der Waals surface area contributed by atoms with E-state index in [0.717, 1.165) is 29.8 Å². The summed E-state index contributed by atoms with van der Waals surface area (Å²) in [7, 11) is 0. The number of imidazole rings is 1. The molecule has 0 aliphatic carbocycles. The van der Waals surface area contributed by atoms with Crippen LogP contribution >= 0.6 is 0 Å². The molecule has 2 aromatic carbocycles. The van der Waals surface area contributed by atoms with Crippen molar-refractivity contribution in [3.05, 3.63) is 72.7 Å². The Balaban J connectivity index is 1.61. The summed E-state index contributed by atoms with van der Waals surface area (Å²) in [5, 5.41) is 14.7. The lowest BCUT2D eigenvalue weighted by atomic mass is 10.1. The first-order valence-corrected chi connectivity index (χ1v) is 8.44. The Morgan fingerprint density at radius 3 is 2.81 bits per heavy atom. The molecule has 0 saturated heterocycles. The SMILES string of the molecule is N#CNC(=NCCCc1ccccc1)Nc1cccc(-c2cnc[nH]2)c1. The Labute approximate surface area is 152 Å². The van der Waals surface area contributed by atoms with Crippen LogP contribution in [0, 0.1) is 11.5 Å². The van der Waals surface area contributed by atoms with Crippen molar-refractivity contribution in [1.82, 2.24) is 15.3 Å². The van der Waals surface area contributed by atoms with E-state index in [-0.39, 0.29) is 0 Å². The molecule has 130 valence electrons. The number of aryl methyl sites for hydroxylation is 1. The zero-order valence-corrected chi connectivity index (χ0v) is 14.3. The van der Waals surface area contributed by atoms with Gasteiger partial charge in [0.1, 0.15) is 0 Å². The number of rotatable bonds is 6. The molecule has 3 aromatic rings. The van der Waals surface area contributed by atoms with Gasteiger partial charge in [0.2, 0.25) is 5.96 Å². The van der Waals surface area contributed by atoms with E-state index in [4.69, 9.17) is 5.26 Å². The molecular weight excluding hydrogens is 324 g/mol. The summed E-state index contributed by atoms with van der Waals surface area (Å²) < 4.78 is 0. The second kappa shape index (κ2) is 9.04. The zero-order valence-electron chi connectivity index (χ0n) is 14.3. The molecule has 26 heavy (non-hydrogen) atoms. The van der Waals surface area contributed by atoms with E-state index in [0.29, 0.717) is 12.5 Å². The average Bonchev–Trinajstić information content (AvgIpc) is 3.21. The molecular formula is C20H20N6. The van der Waals surface area contributed by atoms with Gasteiger partial charge in [0, 0.05) is 17.8 Å². The molecule has 0 aliphatic rings. The number of aliphatic imine (C=N–C) groups is 1.